The van der Waals surface area contributed by atoms with E-state index >= 15 is 0 Å². The zero-order valence-corrected chi connectivity index (χ0v) is 13.0. The molecule has 0 radical (unpaired) electrons. The normalized spacial score (nSPS) is 18.6. The van der Waals surface area contributed by atoms with E-state index in [0.717, 1.165) is 31.6 Å². The summed E-state index contributed by atoms with van der Waals surface area (Å²) in [6.07, 6.45) is 3.85. The fourth-order valence-corrected chi connectivity index (χ4v) is 2.85. The van der Waals surface area contributed by atoms with Crippen molar-refractivity contribution in [2.75, 3.05) is 37.7 Å². The molecule has 0 saturated carbocycles. The highest BCUT2D eigenvalue weighted by Crippen LogP contribution is 2.23. The molecule has 1 amide bonds. The third-order valence-corrected chi connectivity index (χ3v) is 4.16. The van der Waals surface area contributed by atoms with Gasteiger partial charge in [0, 0.05) is 44.7 Å². The van der Waals surface area contributed by atoms with E-state index in [4.69, 9.17) is 0 Å². The van der Waals surface area contributed by atoms with Crippen LogP contribution in [0.2, 0.25) is 0 Å². The molecule has 2 heterocycles. The van der Waals surface area contributed by atoms with Gasteiger partial charge < -0.3 is 14.9 Å². The van der Waals surface area contributed by atoms with Gasteiger partial charge in [0.25, 0.3) is 5.91 Å². The molecule has 0 aromatic carbocycles. The van der Waals surface area contributed by atoms with E-state index in [0.29, 0.717) is 24.7 Å². The van der Waals surface area contributed by atoms with Crippen LogP contribution in [0.15, 0.2) is 18.3 Å². The van der Waals surface area contributed by atoms with Gasteiger partial charge in [0.1, 0.15) is 5.69 Å². The molecule has 0 bridgehead atoms. The topological polar surface area (TPSA) is 56.7 Å². The van der Waals surface area contributed by atoms with E-state index in [-0.39, 0.29) is 12.5 Å². The van der Waals surface area contributed by atoms with Crippen LogP contribution in [0.3, 0.4) is 0 Å². The number of carbonyl (C=O) groups is 1. The van der Waals surface area contributed by atoms with Gasteiger partial charge in [0.2, 0.25) is 0 Å². The first-order valence-corrected chi connectivity index (χ1v) is 7.80. The summed E-state index contributed by atoms with van der Waals surface area (Å²) < 4.78 is 0. The average Bonchev–Trinajstić information content (AvgIpc) is 2.56. The number of aliphatic hydroxyl groups is 1. The Hall–Kier alpha value is -1.62. The number of amides is 1. The van der Waals surface area contributed by atoms with Gasteiger partial charge in [0.15, 0.2) is 0 Å². The maximum atomic E-state index is 12.4. The Labute approximate surface area is 126 Å². The Kier molecular flexibility index (Phi) is 5.56. The Morgan fingerprint density at radius 3 is 2.90 bits per heavy atom. The van der Waals surface area contributed by atoms with E-state index in [1.807, 2.05) is 26.0 Å². The summed E-state index contributed by atoms with van der Waals surface area (Å²) in [5.41, 5.74) is 1.53. The fraction of sp³-hybridized carbons (Fsp3) is 0.625. The minimum absolute atomic E-state index is 0.0161. The molecule has 21 heavy (non-hydrogen) atoms. The van der Waals surface area contributed by atoms with Gasteiger partial charge >= 0.3 is 0 Å². The number of aliphatic hydroxyl groups excluding tert-OH is 1. The number of pyridine rings is 1. The summed E-state index contributed by atoms with van der Waals surface area (Å²) in [5, 5.41) is 9.34. The number of piperidine rings is 1. The van der Waals surface area contributed by atoms with E-state index < -0.39 is 0 Å². The predicted octanol–water partition coefficient (Wildman–Crippen LogP) is 1.77. The maximum absolute atomic E-state index is 12.4. The van der Waals surface area contributed by atoms with Crippen LogP contribution < -0.4 is 4.90 Å². The summed E-state index contributed by atoms with van der Waals surface area (Å²) in [7, 11) is 0. The Morgan fingerprint density at radius 2 is 2.24 bits per heavy atom. The second-order valence-electron chi connectivity index (χ2n) is 5.51. The SMILES string of the molecule is CCN(CC)C(=O)c1cc(N2CCCC(CO)C2)ccn1. The number of hydrogen-bond acceptors (Lipinski definition) is 4. The van der Waals surface area contributed by atoms with Crippen molar-refractivity contribution < 1.29 is 9.90 Å². The van der Waals surface area contributed by atoms with Crippen molar-refractivity contribution in [2.45, 2.75) is 26.7 Å². The molecule has 1 atom stereocenters. The molecule has 1 aromatic rings. The summed E-state index contributed by atoms with van der Waals surface area (Å²) in [4.78, 5) is 20.6. The second kappa shape index (κ2) is 7.41. The van der Waals surface area contributed by atoms with Crippen LogP contribution in [-0.2, 0) is 0 Å². The van der Waals surface area contributed by atoms with Crippen LogP contribution in [0.1, 0.15) is 37.2 Å². The molecule has 5 heteroatoms. The molecular formula is C16H25N3O2. The van der Waals surface area contributed by atoms with Crippen LogP contribution in [0, 0.1) is 5.92 Å². The van der Waals surface area contributed by atoms with Gasteiger partial charge in [0.05, 0.1) is 0 Å². The van der Waals surface area contributed by atoms with Crippen LogP contribution in [0.5, 0.6) is 0 Å². The number of nitrogens with zero attached hydrogens (tertiary/aromatic N) is 3. The molecular weight excluding hydrogens is 266 g/mol. The molecule has 0 aliphatic carbocycles. The zero-order chi connectivity index (χ0) is 15.2. The Balaban J connectivity index is 2.15. The molecule has 5 nitrogen and oxygen atoms in total. The lowest BCUT2D eigenvalue weighted by Crippen LogP contribution is -2.37. The van der Waals surface area contributed by atoms with Crippen LogP contribution in [0.4, 0.5) is 5.69 Å². The summed E-state index contributed by atoms with van der Waals surface area (Å²) in [6, 6.07) is 3.82. The average molecular weight is 291 g/mol. The molecule has 1 aliphatic rings. The Morgan fingerprint density at radius 1 is 1.48 bits per heavy atom. The molecule has 1 aromatic heterocycles. The lowest BCUT2D eigenvalue weighted by Gasteiger charge is -2.33. The number of hydrogen-bond donors (Lipinski definition) is 1. The van der Waals surface area contributed by atoms with Crippen molar-refractivity contribution >= 4 is 11.6 Å². The largest absolute Gasteiger partial charge is 0.396 e. The third kappa shape index (κ3) is 3.73. The van der Waals surface area contributed by atoms with E-state index in [2.05, 4.69) is 9.88 Å². The highest BCUT2D eigenvalue weighted by molar-refractivity contribution is 5.93. The van der Waals surface area contributed by atoms with Crippen LogP contribution in [0.25, 0.3) is 0 Å². The lowest BCUT2D eigenvalue weighted by atomic mass is 9.98. The molecule has 2 rings (SSSR count). The Bertz CT molecular complexity index is 474. The van der Waals surface area contributed by atoms with Crippen molar-refractivity contribution in [3.63, 3.8) is 0 Å². The van der Waals surface area contributed by atoms with Gasteiger partial charge in [-0.1, -0.05) is 0 Å². The van der Waals surface area contributed by atoms with Crippen molar-refractivity contribution in [3.8, 4) is 0 Å². The van der Waals surface area contributed by atoms with E-state index in [9.17, 15) is 9.90 Å². The monoisotopic (exact) mass is 291 g/mol. The quantitative estimate of drug-likeness (QED) is 0.898. The van der Waals surface area contributed by atoms with Gasteiger partial charge in [-0.05, 0) is 44.7 Å². The van der Waals surface area contributed by atoms with Gasteiger partial charge in [-0.15, -0.1) is 0 Å². The number of carbonyl (C=O) groups excluding carboxylic acids is 1. The second-order valence-corrected chi connectivity index (χ2v) is 5.51. The molecule has 1 N–H and O–H groups in total. The zero-order valence-electron chi connectivity index (χ0n) is 13.0. The van der Waals surface area contributed by atoms with Gasteiger partial charge in [-0.3, -0.25) is 9.78 Å². The van der Waals surface area contributed by atoms with Crippen LogP contribution >= 0.6 is 0 Å². The maximum Gasteiger partial charge on any atom is 0.272 e. The summed E-state index contributed by atoms with van der Waals surface area (Å²) in [6.45, 7) is 7.38. The molecule has 116 valence electrons. The van der Waals surface area contributed by atoms with Gasteiger partial charge in [-0.25, -0.2) is 0 Å². The molecule has 1 saturated heterocycles. The third-order valence-electron chi connectivity index (χ3n) is 4.16. The first-order chi connectivity index (χ1) is 10.2. The van der Waals surface area contributed by atoms with Crippen molar-refractivity contribution in [3.05, 3.63) is 24.0 Å². The number of rotatable bonds is 5. The highest BCUT2D eigenvalue weighted by atomic mass is 16.3. The highest BCUT2D eigenvalue weighted by Gasteiger charge is 2.21. The molecule has 1 fully saturated rings. The summed E-state index contributed by atoms with van der Waals surface area (Å²) >= 11 is 0. The smallest absolute Gasteiger partial charge is 0.272 e. The lowest BCUT2D eigenvalue weighted by molar-refractivity contribution is 0.0767. The first kappa shape index (κ1) is 15.8. The van der Waals surface area contributed by atoms with Crippen molar-refractivity contribution in [1.29, 1.82) is 0 Å². The molecule has 1 aliphatic heterocycles. The molecule has 0 spiro atoms. The minimum Gasteiger partial charge on any atom is -0.396 e. The van der Waals surface area contributed by atoms with Crippen LogP contribution in [-0.4, -0.2) is 53.7 Å². The number of anilines is 1. The van der Waals surface area contributed by atoms with Crippen molar-refractivity contribution in [2.24, 2.45) is 5.92 Å². The summed E-state index contributed by atoms with van der Waals surface area (Å²) in [5.74, 6) is 0.311. The standard InChI is InChI=1S/C16H25N3O2/c1-3-18(4-2)16(21)15-10-14(7-8-17-15)19-9-5-6-13(11-19)12-20/h7-8,10,13,20H,3-6,9,11-12H2,1-2H3. The minimum atomic E-state index is -0.0161. The fourth-order valence-electron chi connectivity index (χ4n) is 2.85. The first-order valence-electron chi connectivity index (χ1n) is 7.80. The molecule has 1 unspecified atom stereocenters. The van der Waals surface area contributed by atoms with Gasteiger partial charge in [-0.2, -0.15) is 0 Å². The van der Waals surface area contributed by atoms with Crippen molar-refractivity contribution in [1.82, 2.24) is 9.88 Å². The van der Waals surface area contributed by atoms with E-state index in [1.165, 1.54) is 0 Å². The van der Waals surface area contributed by atoms with E-state index in [1.54, 1.807) is 11.1 Å². The number of aromatic nitrogens is 1. The predicted molar refractivity (Wildman–Crippen MR) is 83.5 cm³/mol.